The number of likely N-dealkylation sites (tertiary alicyclic amines) is 1. The molecular weight excluding hydrogens is 330 g/mol. The van der Waals surface area contributed by atoms with E-state index in [1.807, 2.05) is 23.8 Å². The van der Waals surface area contributed by atoms with E-state index in [1.54, 1.807) is 0 Å². The average Bonchev–Trinajstić information content (AvgIpc) is 2.73. The summed E-state index contributed by atoms with van der Waals surface area (Å²) in [5.74, 6) is 0.642. The number of ether oxygens (including phenoxy) is 1. The van der Waals surface area contributed by atoms with Crippen LogP contribution in [-0.2, 0) is 14.3 Å². The van der Waals surface area contributed by atoms with Crippen LogP contribution in [0.3, 0.4) is 0 Å². The molecule has 6 heteroatoms. The van der Waals surface area contributed by atoms with Crippen LogP contribution in [0.2, 0.25) is 0 Å². The molecule has 3 aliphatic rings. The van der Waals surface area contributed by atoms with Crippen molar-refractivity contribution < 1.29 is 14.3 Å². The quantitative estimate of drug-likeness (QED) is 0.761. The van der Waals surface area contributed by atoms with E-state index in [1.165, 1.54) is 19.3 Å². The molecule has 148 valence electrons. The van der Waals surface area contributed by atoms with E-state index >= 15 is 0 Å². The topological polar surface area (TPSA) is 53.1 Å². The summed E-state index contributed by atoms with van der Waals surface area (Å²) in [5, 5.41) is 0. The van der Waals surface area contributed by atoms with Gasteiger partial charge in [0, 0.05) is 32.1 Å². The minimum atomic E-state index is -0.0821. The molecule has 6 nitrogen and oxygen atoms in total. The van der Waals surface area contributed by atoms with E-state index in [-0.39, 0.29) is 23.8 Å². The summed E-state index contributed by atoms with van der Waals surface area (Å²) in [4.78, 5) is 31.8. The third-order valence-corrected chi connectivity index (χ3v) is 6.58. The van der Waals surface area contributed by atoms with Crippen molar-refractivity contribution >= 4 is 11.8 Å². The summed E-state index contributed by atoms with van der Waals surface area (Å²) < 4.78 is 5.34. The van der Waals surface area contributed by atoms with Gasteiger partial charge in [0.1, 0.15) is 0 Å². The van der Waals surface area contributed by atoms with Crippen molar-refractivity contribution in [2.75, 3.05) is 46.4 Å². The zero-order valence-electron chi connectivity index (χ0n) is 16.5. The second kappa shape index (κ2) is 9.18. The maximum absolute atomic E-state index is 12.9. The van der Waals surface area contributed by atoms with Gasteiger partial charge in [-0.1, -0.05) is 19.3 Å². The smallest absolute Gasteiger partial charge is 0.239 e. The summed E-state index contributed by atoms with van der Waals surface area (Å²) >= 11 is 0. The number of amides is 2. The number of hydrogen-bond acceptors (Lipinski definition) is 4. The Morgan fingerprint density at radius 3 is 2.19 bits per heavy atom. The first kappa shape index (κ1) is 19.6. The molecule has 0 aromatic heterocycles. The maximum Gasteiger partial charge on any atom is 0.239 e. The third kappa shape index (κ3) is 4.58. The zero-order valence-corrected chi connectivity index (χ0v) is 16.5. The lowest BCUT2D eigenvalue weighted by Gasteiger charge is -2.40. The van der Waals surface area contributed by atoms with E-state index in [0.717, 1.165) is 51.9 Å². The van der Waals surface area contributed by atoms with E-state index in [2.05, 4.69) is 4.90 Å². The molecule has 0 N–H and O–H groups in total. The maximum atomic E-state index is 12.9. The normalized spacial score (nSPS) is 25.1. The molecule has 2 heterocycles. The zero-order chi connectivity index (χ0) is 18.5. The molecule has 1 unspecified atom stereocenters. The molecule has 0 radical (unpaired) electrons. The Balaban J connectivity index is 1.47. The first-order valence-corrected chi connectivity index (χ1v) is 10.4. The number of piperidine rings is 1. The van der Waals surface area contributed by atoms with Crippen molar-refractivity contribution in [1.82, 2.24) is 14.7 Å². The molecule has 2 aliphatic heterocycles. The van der Waals surface area contributed by atoms with Gasteiger partial charge in [-0.25, -0.2) is 0 Å². The van der Waals surface area contributed by atoms with Crippen LogP contribution in [0.5, 0.6) is 0 Å². The molecule has 3 fully saturated rings. The van der Waals surface area contributed by atoms with Crippen molar-refractivity contribution in [3.05, 3.63) is 0 Å². The van der Waals surface area contributed by atoms with Gasteiger partial charge in [0.25, 0.3) is 0 Å². The van der Waals surface area contributed by atoms with Crippen LogP contribution in [-0.4, -0.2) is 85.0 Å². The monoisotopic (exact) mass is 365 g/mol. The number of nitrogens with zero attached hydrogens (tertiary/aromatic N) is 3. The molecule has 2 saturated heterocycles. The van der Waals surface area contributed by atoms with Gasteiger partial charge in [-0.15, -0.1) is 0 Å². The van der Waals surface area contributed by atoms with E-state index in [9.17, 15) is 9.59 Å². The minimum absolute atomic E-state index is 0.0821. The fourth-order valence-corrected chi connectivity index (χ4v) is 4.67. The highest BCUT2D eigenvalue weighted by atomic mass is 16.5. The fraction of sp³-hybridized carbons (Fsp3) is 0.900. The average molecular weight is 366 g/mol. The molecule has 2 amide bonds. The van der Waals surface area contributed by atoms with Crippen molar-refractivity contribution in [1.29, 1.82) is 0 Å². The number of hydrogen-bond donors (Lipinski definition) is 0. The Morgan fingerprint density at radius 2 is 1.58 bits per heavy atom. The van der Waals surface area contributed by atoms with E-state index in [4.69, 9.17) is 4.74 Å². The van der Waals surface area contributed by atoms with Crippen LogP contribution in [0.1, 0.15) is 51.9 Å². The Hall–Kier alpha value is -1.14. The number of morpholine rings is 1. The molecular formula is C20H35N3O3. The summed E-state index contributed by atoms with van der Waals surface area (Å²) in [6.07, 6.45) is 7.80. The van der Waals surface area contributed by atoms with Gasteiger partial charge >= 0.3 is 0 Å². The summed E-state index contributed by atoms with van der Waals surface area (Å²) in [6, 6.07) is 0.334. The standard InChI is InChI=1S/C20H35N3O3/c1-16(19(24)21(2)18-6-4-3-5-7-18)22-10-8-17(9-11-22)20(25)23-12-14-26-15-13-23/h16-18H,3-15H2,1-2H3. The second-order valence-electron chi connectivity index (χ2n) is 8.16. The predicted molar refractivity (Wildman–Crippen MR) is 101 cm³/mol. The van der Waals surface area contributed by atoms with Gasteiger partial charge in [0.2, 0.25) is 11.8 Å². The Kier molecular flexibility index (Phi) is 6.92. The second-order valence-corrected chi connectivity index (χ2v) is 8.16. The molecule has 3 rings (SSSR count). The van der Waals surface area contributed by atoms with Crippen molar-refractivity contribution in [2.24, 2.45) is 5.92 Å². The van der Waals surface area contributed by atoms with E-state index in [0.29, 0.717) is 19.3 Å². The van der Waals surface area contributed by atoms with Gasteiger partial charge < -0.3 is 14.5 Å². The van der Waals surface area contributed by atoms with Gasteiger partial charge in [0.05, 0.1) is 19.3 Å². The molecule has 0 aromatic carbocycles. The summed E-state index contributed by atoms with van der Waals surface area (Å²) in [5.41, 5.74) is 0. The highest BCUT2D eigenvalue weighted by Gasteiger charge is 2.34. The van der Waals surface area contributed by atoms with Crippen LogP contribution in [0.25, 0.3) is 0 Å². The Labute approximate surface area is 157 Å². The molecule has 1 atom stereocenters. The minimum Gasteiger partial charge on any atom is -0.378 e. The van der Waals surface area contributed by atoms with Crippen LogP contribution in [0, 0.1) is 5.92 Å². The van der Waals surface area contributed by atoms with Crippen LogP contribution < -0.4 is 0 Å². The predicted octanol–water partition coefficient (Wildman–Crippen LogP) is 1.74. The SMILES string of the molecule is CC(C(=O)N(C)C1CCCCC1)N1CCC(C(=O)N2CCOCC2)CC1. The highest BCUT2D eigenvalue weighted by molar-refractivity contribution is 5.82. The fourth-order valence-electron chi connectivity index (χ4n) is 4.67. The van der Waals surface area contributed by atoms with Crippen LogP contribution >= 0.6 is 0 Å². The van der Waals surface area contributed by atoms with E-state index < -0.39 is 0 Å². The van der Waals surface area contributed by atoms with Gasteiger partial charge in [0.15, 0.2) is 0 Å². The number of carbonyl (C=O) groups is 2. The van der Waals surface area contributed by atoms with Crippen molar-refractivity contribution in [3.8, 4) is 0 Å². The first-order chi connectivity index (χ1) is 12.6. The number of likely N-dealkylation sites (N-methyl/N-ethyl adjacent to an activating group) is 1. The van der Waals surface area contributed by atoms with Crippen molar-refractivity contribution in [3.63, 3.8) is 0 Å². The van der Waals surface area contributed by atoms with Crippen LogP contribution in [0.4, 0.5) is 0 Å². The molecule has 0 aromatic rings. The summed E-state index contributed by atoms with van der Waals surface area (Å²) in [6.45, 7) is 6.47. The lowest BCUT2D eigenvalue weighted by molar-refractivity contribution is -0.142. The van der Waals surface area contributed by atoms with Crippen LogP contribution in [0.15, 0.2) is 0 Å². The molecule has 0 bridgehead atoms. The van der Waals surface area contributed by atoms with Gasteiger partial charge in [-0.3, -0.25) is 14.5 Å². The Morgan fingerprint density at radius 1 is 0.962 bits per heavy atom. The van der Waals surface area contributed by atoms with Gasteiger partial charge in [-0.05, 0) is 45.7 Å². The number of rotatable bonds is 4. The lowest BCUT2D eigenvalue weighted by Crippen LogP contribution is -2.53. The largest absolute Gasteiger partial charge is 0.378 e. The van der Waals surface area contributed by atoms with Gasteiger partial charge in [-0.2, -0.15) is 0 Å². The molecule has 1 aliphatic carbocycles. The first-order valence-electron chi connectivity index (χ1n) is 10.4. The molecule has 26 heavy (non-hydrogen) atoms. The highest BCUT2D eigenvalue weighted by Crippen LogP contribution is 2.25. The molecule has 1 saturated carbocycles. The Bertz CT molecular complexity index is 479. The summed E-state index contributed by atoms with van der Waals surface area (Å²) in [7, 11) is 1.98. The third-order valence-electron chi connectivity index (χ3n) is 6.58. The lowest BCUT2D eigenvalue weighted by atomic mass is 9.93. The number of carbonyl (C=O) groups excluding carboxylic acids is 2. The molecule has 0 spiro atoms. The van der Waals surface area contributed by atoms with Crippen molar-refractivity contribution in [2.45, 2.75) is 64.0 Å².